The van der Waals surface area contributed by atoms with E-state index in [1.54, 1.807) is 0 Å². The Kier molecular flexibility index (Phi) is 4.05. The summed E-state index contributed by atoms with van der Waals surface area (Å²) in [6.07, 6.45) is -3.20. The maximum atomic E-state index is 12.2. The number of hydrogen-bond donors (Lipinski definition) is 2. The molecule has 0 bridgehead atoms. The van der Waals surface area contributed by atoms with Gasteiger partial charge in [-0.1, -0.05) is 0 Å². The third-order valence-corrected chi connectivity index (χ3v) is 2.84. The molecule has 2 N–H and O–H groups in total. The van der Waals surface area contributed by atoms with E-state index in [-0.39, 0.29) is 12.4 Å². The molecule has 0 aliphatic carbocycles. The number of aromatic nitrogens is 2. The summed E-state index contributed by atoms with van der Waals surface area (Å²) >= 11 is 0. The van der Waals surface area contributed by atoms with Crippen molar-refractivity contribution in [2.24, 2.45) is 0 Å². The maximum absolute atomic E-state index is 12.2. The van der Waals surface area contributed by atoms with Crippen LogP contribution in [0, 0.1) is 0 Å². The summed E-state index contributed by atoms with van der Waals surface area (Å²) in [5.74, 6) is -0.324. The molecule has 3 amide bonds. The molecule has 1 aromatic heterocycles. The first-order valence-electron chi connectivity index (χ1n) is 6.22. The van der Waals surface area contributed by atoms with E-state index in [0.29, 0.717) is 6.54 Å². The molecule has 21 heavy (non-hydrogen) atoms. The van der Waals surface area contributed by atoms with E-state index in [1.807, 2.05) is 0 Å². The van der Waals surface area contributed by atoms with Crippen molar-refractivity contribution in [2.45, 2.75) is 25.7 Å². The molecule has 2 heterocycles. The van der Waals surface area contributed by atoms with E-state index < -0.39 is 30.7 Å². The molecule has 116 valence electrons. The van der Waals surface area contributed by atoms with Crippen molar-refractivity contribution in [1.82, 2.24) is 20.0 Å². The van der Waals surface area contributed by atoms with Crippen LogP contribution >= 0.6 is 0 Å². The molecule has 2 rings (SSSR count). The van der Waals surface area contributed by atoms with Crippen LogP contribution in [0.3, 0.4) is 0 Å². The molecular formula is C11H14F3N5O2. The second kappa shape index (κ2) is 5.62. The van der Waals surface area contributed by atoms with Crippen molar-refractivity contribution in [1.29, 1.82) is 0 Å². The summed E-state index contributed by atoms with van der Waals surface area (Å²) < 4.78 is 37.3. The number of nitrogens with one attached hydrogen (secondary N) is 2. The standard InChI is InChI=1S/C11H14F3N5O2/c1-7(9(20)19-5-3-15-10(19)21)16-8-2-4-18(17-8)6-11(12,13)14/h2,4,7H,3,5-6H2,1H3,(H,15,21)(H,16,17)/t7-/m1/s1. The number of anilines is 1. The second-order valence-electron chi connectivity index (χ2n) is 4.60. The van der Waals surface area contributed by atoms with Crippen LogP contribution in [0.25, 0.3) is 0 Å². The largest absolute Gasteiger partial charge is 0.408 e. The van der Waals surface area contributed by atoms with Crippen LogP contribution in [-0.4, -0.2) is 51.9 Å². The van der Waals surface area contributed by atoms with E-state index in [9.17, 15) is 22.8 Å². The molecule has 0 aromatic carbocycles. The Morgan fingerprint density at radius 1 is 1.57 bits per heavy atom. The number of amides is 3. The molecule has 1 aliphatic heterocycles. The summed E-state index contributed by atoms with van der Waals surface area (Å²) in [4.78, 5) is 24.4. The number of urea groups is 1. The third-order valence-electron chi connectivity index (χ3n) is 2.84. The maximum Gasteiger partial charge on any atom is 0.408 e. The van der Waals surface area contributed by atoms with Gasteiger partial charge in [0.05, 0.1) is 0 Å². The van der Waals surface area contributed by atoms with E-state index in [4.69, 9.17) is 0 Å². The molecule has 1 aromatic rings. The van der Waals surface area contributed by atoms with Crippen LogP contribution in [0.1, 0.15) is 6.92 Å². The molecule has 10 heteroatoms. The minimum absolute atomic E-state index is 0.139. The van der Waals surface area contributed by atoms with Gasteiger partial charge < -0.3 is 10.6 Å². The Morgan fingerprint density at radius 2 is 2.29 bits per heavy atom. The minimum Gasteiger partial charge on any atom is -0.357 e. The molecule has 0 saturated carbocycles. The monoisotopic (exact) mass is 305 g/mol. The highest BCUT2D eigenvalue weighted by atomic mass is 19.4. The lowest BCUT2D eigenvalue weighted by Gasteiger charge is -2.18. The van der Waals surface area contributed by atoms with Gasteiger partial charge in [0.15, 0.2) is 0 Å². The molecule has 1 fully saturated rings. The van der Waals surface area contributed by atoms with Crippen LogP contribution in [-0.2, 0) is 11.3 Å². The van der Waals surface area contributed by atoms with Crippen LogP contribution in [0.2, 0.25) is 0 Å². The molecule has 0 unspecified atom stereocenters. The van der Waals surface area contributed by atoms with E-state index in [2.05, 4.69) is 15.7 Å². The smallest absolute Gasteiger partial charge is 0.357 e. The normalized spacial score (nSPS) is 16.8. The van der Waals surface area contributed by atoms with Gasteiger partial charge in [-0.25, -0.2) is 4.79 Å². The molecule has 0 spiro atoms. The number of rotatable bonds is 4. The molecule has 1 atom stereocenters. The van der Waals surface area contributed by atoms with Crippen molar-refractivity contribution in [3.8, 4) is 0 Å². The van der Waals surface area contributed by atoms with Crippen LogP contribution in [0.4, 0.5) is 23.8 Å². The van der Waals surface area contributed by atoms with Gasteiger partial charge in [-0.3, -0.25) is 14.4 Å². The zero-order valence-corrected chi connectivity index (χ0v) is 11.1. The lowest BCUT2D eigenvalue weighted by molar-refractivity contribution is -0.142. The molecule has 1 saturated heterocycles. The average Bonchev–Trinajstić information content (AvgIpc) is 2.95. The van der Waals surface area contributed by atoms with Crippen molar-refractivity contribution < 1.29 is 22.8 Å². The van der Waals surface area contributed by atoms with Gasteiger partial charge in [0.1, 0.15) is 18.4 Å². The highest BCUT2D eigenvalue weighted by Gasteiger charge is 2.30. The fraction of sp³-hybridized carbons (Fsp3) is 0.545. The first-order valence-corrected chi connectivity index (χ1v) is 6.22. The summed E-state index contributed by atoms with van der Waals surface area (Å²) in [6, 6.07) is 0.0823. The fourth-order valence-electron chi connectivity index (χ4n) is 1.91. The summed E-state index contributed by atoms with van der Waals surface area (Å²) in [7, 11) is 0. The number of alkyl halides is 3. The predicted molar refractivity (Wildman–Crippen MR) is 66.5 cm³/mol. The number of carbonyl (C=O) groups excluding carboxylic acids is 2. The van der Waals surface area contributed by atoms with E-state index in [0.717, 1.165) is 15.8 Å². The van der Waals surface area contributed by atoms with Crippen LogP contribution in [0.5, 0.6) is 0 Å². The van der Waals surface area contributed by atoms with Gasteiger partial charge in [0.2, 0.25) is 0 Å². The highest BCUT2D eigenvalue weighted by molar-refractivity contribution is 5.99. The lowest BCUT2D eigenvalue weighted by atomic mass is 10.3. The third kappa shape index (κ3) is 3.86. The Balaban J connectivity index is 1.95. The van der Waals surface area contributed by atoms with Gasteiger partial charge in [-0.2, -0.15) is 18.3 Å². The number of nitrogens with zero attached hydrogens (tertiary/aromatic N) is 3. The zero-order chi connectivity index (χ0) is 15.6. The SMILES string of the molecule is C[C@@H](Nc1ccn(CC(F)(F)F)n1)C(=O)N1CCNC1=O. The Hall–Kier alpha value is -2.26. The summed E-state index contributed by atoms with van der Waals surface area (Å²) in [5.41, 5.74) is 0. The average molecular weight is 305 g/mol. The number of halogens is 3. The topological polar surface area (TPSA) is 79.3 Å². The number of hydrogen-bond acceptors (Lipinski definition) is 4. The minimum atomic E-state index is -4.36. The number of carbonyl (C=O) groups is 2. The summed E-state index contributed by atoms with van der Waals surface area (Å²) in [6.45, 7) is 0.964. The second-order valence-corrected chi connectivity index (χ2v) is 4.60. The molecule has 0 radical (unpaired) electrons. The highest BCUT2D eigenvalue weighted by Crippen LogP contribution is 2.18. The van der Waals surface area contributed by atoms with Gasteiger partial charge in [-0.15, -0.1) is 0 Å². The Labute approximate surface area is 118 Å². The van der Waals surface area contributed by atoms with E-state index in [1.165, 1.54) is 13.0 Å². The van der Waals surface area contributed by atoms with Crippen molar-refractivity contribution >= 4 is 17.8 Å². The van der Waals surface area contributed by atoms with Crippen molar-refractivity contribution in [3.05, 3.63) is 12.3 Å². The van der Waals surface area contributed by atoms with Crippen LogP contribution < -0.4 is 10.6 Å². The van der Waals surface area contributed by atoms with Crippen molar-refractivity contribution in [3.63, 3.8) is 0 Å². The van der Waals surface area contributed by atoms with Gasteiger partial charge in [0, 0.05) is 25.4 Å². The number of imide groups is 1. The van der Waals surface area contributed by atoms with Gasteiger partial charge >= 0.3 is 12.2 Å². The van der Waals surface area contributed by atoms with E-state index >= 15 is 0 Å². The first-order chi connectivity index (χ1) is 9.76. The quantitative estimate of drug-likeness (QED) is 0.862. The first kappa shape index (κ1) is 15.1. The van der Waals surface area contributed by atoms with Crippen molar-refractivity contribution in [2.75, 3.05) is 18.4 Å². The fourth-order valence-corrected chi connectivity index (χ4v) is 1.91. The Bertz CT molecular complexity index is 542. The summed E-state index contributed by atoms with van der Waals surface area (Å²) in [5, 5.41) is 8.85. The van der Waals surface area contributed by atoms with Gasteiger partial charge in [-0.05, 0) is 6.92 Å². The molecular weight excluding hydrogens is 291 g/mol. The predicted octanol–water partition coefficient (Wildman–Crippen LogP) is 0.798. The van der Waals surface area contributed by atoms with Crippen LogP contribution in [0.15, 0.2) is 12.3 Å². The molecule has 7 nitrogen and oxygen atoms in total. The Morgan fingerprint density at radius 3 is 2.86 bits per heavy atom. The lowest BCUT2D eigenvalue weighted by Crippen LogP contribution is -2.43. The zero-order valence-electron chi connectivity index (χ0n) is 11.1. The molecule has 1 aliphatic rings. The van der Waals surface area contributed by atoms with Gasteiger partial charge in [0.25, 0.3) is 5.91 Å².